The smallest absolute Gasteiger partial charge is 0.201 e. The summed E-state index contributed by atoms with van der Waals surface area (Å²) in [5.74, 6) is 0. The SMILES string of the molecule is COC1(CO[Si](C)(C)C(C)(C)C)C=c2ccccc2=N1. The van der Waals surface area contributed by atoms with Gasteiger partial charge in [-0.3, -0.25) is 0 Å². The van der Waals surface area contributed by atoms with Gasteiger partial charge in [0, 0.05) is 12.3 Å². The van der Waals surface area contributed by atoms with Gasteiger partial charge in [-0.2, -0.15) is 0 Å². The highest BCUT2D eigenvalue weighted by Crippen LogP contribution is 2.37. The predicted molar refractivity (Wildman–Crippen MR) is 84.6 cm³/mol. The molecule has 1 heterocycles. The average molecular weight is 291 g/mol. The number of rotatable bonds is 4. The molecule has 0 amide bonds. The third kappa shape index (κ3) is 2.87. The summed E-state index contributed by atoms with van der Waals surface area (Å²) in [6.07, 6.45) is 2.06. The molecule has 1 aliphatic rings. The van der Waals surface area contributed by atoms with Crippen LogP contribution in [0.25, 0.3) is 6.08 Å². The average Bonchev–Trinajstić information content (AvgIpc) is 2.74. The molecule has 1 atom stereocenters. The summed E-state index contributed by atoms with van der Waals surface area (Å²) >= 11 is 0. The van der Waals surface area contributed by atoms with Gasteiger partial charge in [-0.25, -0.2) is 4.99 Å². The minimum atomic E-state index is -1.80. The van der Waals surface area contributed by atoms with Crippen molar-refractivity contribution in [2.75, 3.05) is 13.7 Å². The van der Waals surface area contributed by atoms with Crippen molar-refractivity contribution >= 4 is 14.4 Å². The van der Waals surface area contributed by atoms with E-state index in [9.17, 15) is 0 Å². The minimum Gasteiger partial charge on any atom is -0.411 e. The maximum atomic E-state index is 6.29. The summed E-state index contributed by atoms with van der Waals surface area (Å²) < 4.78 is 12.0. The van der Waals surface area contributed by atoms with Gasteiger partial charge in [-0.15, -0.1) is 0 Å². The molecular formula is C16H25NO2Si. The van der Waals surface area contributed by atoms with Gasteiger partial charge in [0.25, 0.3) is 0 Å². The van der Waals surface area contributed by atoms with Gasteiger partial charge in [-0.1, -0.05) is 39.0 Å². The third-order valence-corrected chi connectivity index (χ3v) is 8.91. The summed E-state index contributed by atoms with van der Waals surface area (Å²) in [7, 11) is -0.104. The molecule has 0 aliphatic carbocycles. The molecule has 0 bridgehead atoms. The summed E-state index contributed by atoms with van der Waals surface area (Å²) in [5, 5.41) is 2.29. The first-order valence-electron chi connectivity index (χ1n) is 7.06. The number of methoxy groups -OCH3 is 1. The Morgan fingerprint density at radius 1 is 1.20 bits per heavy atom. The Hall–Kier alpha value is -0.973. The zero-order valence-electron chi connectivity index (χ0n) is 13.4. The van der Waals surface area contributed by atoms with Crippen LogP contribution in [0.15, 0.2) is 29.3 Å². The summed E-state index contributed by atoms with van der Waals surface area (Å²) in [5.41, 5.74) is -0.667. The lowest BCUT2D eigenvalue weighted by atomic mass is 10.2. The van der Waals surface area contributed by atoms with Crippen LogP contribution in [0.3, 0.4) is 0 Å². The normalized spacial score (nSPS) is 22.1. The van der Waals surface area contributed by atoms with Crippen molar-refractivity contribution in [1.82, 2.24) is 0 Å². The molecule has 0 radical (unpaired) electrons. The maximum Gasteiger partial charge on any atom is 0.201 e. The standard InChI is InChI=1S/C16H25NO2Si/c1-15(2,3)20(5,6)19-12-16(18-4)11-13-9-7-8-10-14(13)17-16/h7-11H,12H2,1-6H3. The Morgan fingerprint density at radius 2 is 1.85 bits per heavy atom. The van der Waals surface area contributed by atoms with Crippen LogP contribution in [0, 0.1) is 0 Å². The summed E-state index contributed by atoms with van der Waals surface area (Å²) in [4.78, 5) is 4.71. The molecule has 1 aromatic rings. The molecule has 0 aromatic heterocycles. The number of nitrogens with zero attached hydrogens (tertiary/aromatic N) is 1. The molecule has 0 saturated heterocycles. The number of para-hydroxylation sites is 1. The molecule has 1 aromatic carbocycles. The first kappa shape index (κ1) is 15.4. The molecule has 3 nitrogen and oxygen atoms in total. The Balaban J connectivity index is 2.23. The van der Waals surface area contributed by atoms with Crippen LogP contribution in [0.5, 0.6) is 0 Å². The van der Waals surface area contributed by atoms with Crippen LogP contribution >= 0.6 is 0 Å². The summed E-state index contributed by atoms with van der Waals surface area (Å²) in [6, 6.07) is 8.09. The van der Waals surface area contributed by atoms with Gasteiger partial charge in [-0.05, 0) is 30.3 Å². The van der Waals surface area contributed by atoms with Crippen LogP contribution in [0.2, 0.25) is 18.1 Å². The maximum absolute atomic E-state index is 6.29. The molecule has 0 saturated carbocycles. The van der Waals surface area contributed by atoms with E-state index < -0.39 is 14.0 Å². The largest absolute Gasteiger partial charge is 0.411 e. The highest BCUT2D eigenvalue weighted by atomic mass is 28.4. The highest BCUT2D eigenvalue weighted by molar-refractivity contribution is 6.74. The van der Waals surface area contributed by atoms with Crippen LogP contribution in [-0.2, 0) is 9.16 Å². The number of fused-ring (bicyclic) bond motifs is 1. The van der Waals surface area contributed by atoms with E-state index in [1.807, 2.05) is 18.2 Å². The zero-order valence-corrected chi connectivity index (χ0v) is 14.4. The summed E-state index contributed by atoms with van der Waals surface area (Å²) in [6.45, 7) is 11.7. The van der Waals surface area contributed by atoms with Crippen molar-refractivity contribution in [2.24, 2.45) is 4.99 Å². The van der Waals surface area contributed by atoms with Crippen molar-refractivity contribution in [1.29, 1.82) is 0 Å². The second-order valence-corrected chi connectivity index (χ2v) is 11.7. The fourth-order valence-corrected chi connectivity index (χ4v) is 2.93. The highest BCUT2D eigenvalue weighted by Gasteiger charge is 2.40. The van der Waals surface area contributed by atoms with Crippen LogP contribution in [0.4, 0.5) is 0 Å². The Kier molecular flexibility index (Phi) is 3.93. The van der Waals surface area contributed by atoms with Crippen LogP contribution in [-0.4, -0.2) is 27.8 Å². The fourth-order valence-electron chi connectivity index (χ4n) is 1.93. The number of hydrogen-bond acceptors (Lipinski definition) is 3. The van der Waals surface area contributed by atoms with E-state index in [0.717, 1.165) is 10.6 Å². The van der Waals surface area contributed by atoms with E-state index in [1.54, 1.807) is 7.11 Å². The molecule has 4 heteroatoms. The first-order valence-corrected chi connectivity index (χ1v) is 9.97. The van der Waals surface area contributed by atoms with E-state index in [2.05, 4.69) is 46.0 Å². The zero-order chi connectivity index (χ0) is 15.0. The minimum absolute atomic E-state index is 0.188. The topological polar surface area (TPSA) is 30.8 Å². The Bertz CT molecular complexity index is 567. The molecular weight excluding hydrogens is 266 g/mol. The van der Waals surface area contributed by atoms with Gasteiger partial charge in [0.15, 0.2) is 8.32 Å². The van der Waals surface area contributed by atoms with Crippen molar-refractivity contribution in [2.45, 2.75) is 44.6 Å². The predicted octanol–water partition coefficient (Wildman–Crippen LogP) is 2.46. The second kappa shape index (κ2) is 5.10. The molecule has 0 spiro atoms. The van der Waals surface area contributed by atoms with Crippen molar-refractivity contribution < 1.29 is 9.16 Å². The quantitative estimate of drug-likeness (QED) is 0.798. The van der Waals surface area contributed by atoms with Crippen molar-refractivity contribution in [3.8, 4) is 0 Å². The van der Waals surface area contributed by atoms with E-state index in [-0.39, 0.29) is 5.04 Å². The molecule has 1 unspecified atom stereocenters. The number of hydrogen-bond donors (Lipinski definition) is 0. The lowest BCUT2D eigenvalue weighted by Gasteiger charge is -2.38. The van der Waals surface area contributed by atoms with Crippen molar-refractivity contribution in [3.63, 3.8) is 0 Å². The number of benzene rings is 1. The molecule has 0 fully saturated rings. The van der Waals surface area contributed by atoms with Gasteiger partial charge in [0.05, 0.1) is 12.0 Å². The van der Waals surface area contributed by atoms with E-state index in [4.69, 9.17) is 14.2 Å². The lowest BCUT2D eigenvalue weighted by molar-refractivity contribution is 0.00893. The van der Waals surface area contributed by atoms with Gasteiger partial charge >= 0.3 is 0 Å². The lowest BCUT2D eigenvalue weighted by Crippen LogP contribution is -2.45. The molecule has 0 N–H and O–H groups in total. The second-order valence-electron chi connectivity index (χ2n) is 6.91. The van der Waals surface area contributed by atoms with Crippen LogP contribution < -0.4 is 10.6 Å². The van der Waals surface area contributed by atoms with Crippen LogP contribution in [0.1, 0.15) is 20.8 Å². The molecule has 1 aliphatic heterocycles. The number of ether oxygens (including phenoxy) is 1. The van der Waals surface area contributed by atoms with Gasteiger partial charge in [0.1, 0.15) is 0 Å². The van der Waals surface area contributed by atoms with E-state index >= 15 is 0 Å². The molecule has 110 valence electrons. The van der Waals surface area contributed by atoms with E-state index in [1.165, 1.54) is 0 Å². The first-order chi connectivity index (χ1) is 9.19. The third-order valence-electron chi connectivity index (χ3n) is 4.43. The fraction of sp³-hybridized carbons (Fsp3) is 0.562. The monoisotopic (exact) mass is 291 g/mol. The Morgan fingerprint density at radius 3 is 2.40 bits per heavy atom. The van der Waals surface area contributed by atoms with Crippen molar-refractivity contribution in [3.05, 3.63) is 34.8 Å². The van der Waals surface area contributed by atoms with Gasteiger partial charge in [0.2, 0.25) is 5.72 Å². The molecule has 2 rings (SSSR count). The molecule has 20 heavy (non-hydrogen) atoms. The van der Waals surface area contributed by atoms with Gasteiger partial charge < -0.3 is 9.16 Å². The Labute approximate surface area is 122 Å². The van der Waals surface area contributed by atoms with E-state index in [0.29, 0.717) is 6.61 Å².